The van der Waals surface area contributed by atoms with Crippen molar-refractivity contribution in [2.24, 2.45) is 5.92 Å². The summed E-state index contributed by atoms with van der Waals surface area (Å²) in [4.78, 5) is 42.0. The highest BCUT2D eigenvalue weighted by Gasteiger charge is 2.56. The van der Waals surface area contributed by atoms with Crippen molar-refractivity contribution in [3.63, 3.8) is 0 Å². The van der Waals surface area contributed by atoms with Gasteiger partial charge < -0.3 is 5.32 Å². The molecule has 1 aromatic heterocycles. The van der Waals surface area contributed by atoms with Gasteiger partial charge in [0.1, 0.15) is 18.4 Å². The average Bonchev–Trinajstić information content (AvgIpc) is 3.37. The second kappa shape index (κ2) is 7.01. The molecule has 9 nitrogen and oxygen atoms in total. The summed E-state index contributed by atoms with van der Waals surface area (Å²) in [5.74, 6) is -0.614. The highest BCUT2D eigenvalue weighted by molar-refractivity contribution is 9.10. The number of nitrogens with one attached hydrogen (secondary N) is 2. The van der Waals surface area contributed by atoms with E-state index >= 15 is 0 Å². The Bertz CT molecular complexity index is 956. The predicted molar refractivity (Wildman–Crippen MR) is 103 cm³/mol. The van der Waals surface area contributed by atoms with Crippen LogP contribution in [-0.4, -0.2) is 49.6 Å². The van der Waals surface area contributed by atoms with Gasteiger partial charge in [-0.05, 0) is 43.4 Å². The lowest BCUT2D eigenvalue weighted by Crippen LogP contribution is -2.46. The van der Waals surface area contributed by atoms with Crippen LogP contribution in [-0.2, 0) is 16.1 Å². The van der Waals surface area contributed by atoms with E-state index in [9.17, 15) is 14.4 Å². The van der Waals surface area contributed by atoms with Crippen LogP contribution in [0.5, 0.6) is 0 Å². The Kier molecular flexibility index (Phi) is 4.66. The zero-order valence-electron chi connectivity index (χ0n) is 15.2. The maximum Gasteiger partial charge on any atom is 0.325 e. The van der Waals surface area contributed by atoms with E-state index in [4.69, 9.17) is 0 Å². The number of imide groups is 1. The molecule has 2 fully saturated rings. The summed E-state index contributed by atoms with van der Waals surface area (Å²) in [6.45, 7) is 1.84. The van der Waals surface area contributed by atoms with Crippen LogP contribution in [0.2, 0.25) is 0 Å². The van der Waals surface area contributed by atoms with Gasteiger partial charge >= 0.3 is 6.03 Å². The van der Waals surface area contributed by atoms with Gasteiger partial charge in [0.15, 0.2) is 0 Å². The summed E-state index contributed by atoms with van der Waals surface area (Å²) in [5.41, 5.74) is 0.122. The average molecular weight is 447 g/mol. The van der Waals surface area contributed by atoms with E-state index < -0.39 is 17.5 Å². The number of amides is 4. The lowest BCUT2D eigenvalue weighted by Gasteiger charge is -2.20. The zero-order chi connectivity index (χ0) is 19.9. The second-order valence-corrected chi connectivity index (χ2v) is 8.16. The molecule has 2 aliphatic rings. The molecule has 1 aromatic carbocycles. The van der Waals surface area contributed by atoms with Crippen molar-refractivity contribution < 1.29 is 14.4 Å². The molecular formula is C18H19BrN6O3. The van der Waals surface area contributed by atoms with Crippen molar-refractivity contribution in [2.75, 3.05) is 11.9 Å². The Labute approximate surface area is 169 Å². The maximum atomic E-state index is 12.6. The van der Waals surface area contributed by atoms with E-state index in [2.05, 4.69) is 36.6 Å². The minimum Gasteiger partial charge on any atom is -0.323 e. The molecule has 4 amide bonds. The minimum absolute atomic E-state index is 0.122. The first kappa shape index (κ1) is 18.6. The summed E-state index contributed by atoms with van der Waals surface area (Å²) in [7, 11) is 0. The quantitative estimate of drug-likeness (QED) is 0.656. The number of carbonyl (C=O) groups excluding carboxylic acids is 3. The predicted octanol–water partition coefficient (Wildman–Crippen LogP) is 1.75. The van der Waals surface area contributed by atoms with E-state index in [0.29, 0.717) is 6.54 Å². The number of rotatable bonds is 6. The van der Waals surface area contributed by atoms with Gasteiger partial charge in [-0.15, -0.1) is 5.10 Å². The number of aromatic nitrogens is 3. The van der Waals surface area contributed by atoms with Crippen molar-refractivity contribution in [1.29, 1.82) is 0 Å². The lowest BCUT2D eigenvalue weighted by atomic mass is 9.96. The van der Waals surface area contributed by atoms with Crippen LogP contribution < -0.4 is 10.6 Å². The number of carbonyl (C=O) groups is 3. The second-order valence-electron chi connectivity index (χ2n) is 7.24. The van der Waals surface area contributed by atoms with Crippen LogP contribution >= 0.6 is 15.9 Å². The molecule has 0 bridgehead atoms. The Morgan fingerprint density at radius 2 is 2.18 bits per heavy atom. The van der Waals surface area contributed by atoms with Crippen LogP contribution in [0.25, 0.3) is 0 Å². The van der Waals surface area contributed by atoms with Gasteiger partial charge in [-0.2, -0.15) is 0 Å². The van der Waals surface area contributed by atoms with Gasteiger partial charge in [-0.3, -0.25) is 19.8 Å². The van der Waals surface area contributed by atoms with Crippen molar-refractivity contribution in [1.82, 2.24) is 25.0 Å². The molecule has 4 rings (SSSR count). The van der Waals surface area contributed by atoms with E-state index in [1.165, 1.54) is 6.33 Å². The van der Waals surface area contributed by atoms with E-state index in [1.54, 1.807) is 11.6 Å². The molecule has 1 unspecified atom stereocenters. The molecule has 1 aliphatic carbocycles. The summed E-state index contributed by atoms with van der Waals surface area (Å²) in [6.07, 6.45) is 3.32. The van der Waals surface area contributed by atoms with Gasteiger partial charge in [-0.25, -0.2) is 14.5 Å². The third-order valence-electron chi connectivity index (χ3n) is 5.02. The van der Waals surface area contributed by atoms with Gasteiger partial charge in [0.05, 0.1) is 6.54 Å². The van der Waals surface area contributed by atoms with Crippen LogP contribution in [0.4, 0.5) is 10.7 Å². The van der Waals surface area contributed by atoms with E-state index in [1.807, 2.05) is 24.3 Å². The monoisotopic (exact) mass is 446 g/mol. The van der Waals surface area contributed by atoms with E-state index in [0.717, 1.165) is 27.8 Å². The lowest BCUT2D eigenvalue weighted by molar-refractivity contribution is -0.134. The Hall–Kier alpha value is -2.75. The Morgan fingerprint density at radius 3 is 2.89 bits per heavy atom. The third-order valence-corrected chi connectivity index (χ3v) is 5.51. The highest BCUT2D eigenvalue weighted by Crippen LogP contribution is 2.42. The van der Waals surface area contributed by atoms with Crippen molar-refractivity contribution in [3.8, 4) is 0 Å². The van der Waals surface area contributed by atoms with Gasteiger partial charge in [0.25, 0.3) is 5.91 Å². The van der Waals surface area contributed by atoms with Crippen molar-refractivity contribution in [2.45, 2.75) is 31.8 Å². The van der Waals surface area contributed by atoms with Crippen LogP contribution in [0, 0.1) is 5.92 Å². The molecule has 2 aromatic rings. The molecule has 2 heterocycles. The van der Waals surface area contributed by atoms with Gasteiger partial charge in [-0.1, -0.05) is 28.1 Å². The molecule has 146 valence electrons. The van der Waals surface area contributed by atoms with E-state index in [-0.39, 0.29) is 24.3 Å². The summed E-state index contributed by atoms with van der Waals surface area (Å²) >= 11 is 3.42. The molecule has 1 atom stereocenters. The Balaban J connectivity index is 1.36. The topological polar surface area (TPSA) is 109 Å². The molecule has 0 radical (unpaired) electrons. The number of urea groups is 1. The van der Waals surface area contributed by atoms with Gasteiger partial charge in [0.2, 0.25) is 11.9 Å². The molecule has 1 saturated heterocycles. The van der Waals surface area contributed by atoms with Gasteiger partial charge in [0, 0.05) is 4.47 Å². The Morgan fingerprint density at radius 1 is 1.39 bits per heavy atom. The SMILES string of the molecule is CC1(C2CC2)NC(=O)N(CC(=O)Nc2ncn(Cc3cccc(Br)c3)n2)C1=O. The first-order valence-corrected chi connectivity index (χ1v) is 9.72. The third kappa shape index (κ3) is 3.64. The number of hydrogen-bond donors (Lipinski definition) is 2. The molecule has 1 saturated carbocycles. The largest absolute Gasteiger partial charge is 0.325 e. The smallest absolute Gasteiger partial charge is 0.323 e. The molecule has 1 aliphatic heterocycles. The standard InChI is InChI=1S/C18H19BrN6O3/c1-18(12-5-6-12)15(27)25(17(28)22-18)9-14(26)21-16-20-10-24(23-16)8-11-3-2-4-13(19)7-11/h2-4,7,10,12H,5-6,8-9H2,1H3,(H,22,28)(H,21,23,26). The number of benzene rings is 1. The molecule has 0 spiro atoms. The highest BCUT2D eigenvalue weighted by atomic mass is 79.9. The summed E-state index contributed by atoms with van der Waals surface area (Å²) < 4.78 is 2.56. The summed E-state index contributed by atoms with van der Waals surface area (Å²) in [6, 6.07) is 7.24. The molecular weight excluding hydrogens is 428 g/mol. The van der Waals surface area contributed by atoms with Crippen molar-refractivity contribution in [3.05, 3.63) is 40.6 Å². The number of halogens is 1. The van der Waals surface area contributed by atoms with Crippen LogP contribution in [0.3, 0.4) is 0 Å². The number of nitrogens with zero attached hydrogens (tertiary/aromatic N) is 4. The fourth-order valence-electron chi connectivity index (χ4n) is 3.35. The summed E-state index contributed by atoms with van der Waals surface area (Å²) in [5, 5.41) is 9.46. The first-order valence-electron chi connectivity index (χ1n) is 8.93. The normalized spacial score (nSPS) is 21.7. The molecule has 28 heavy (non-hydrogen) atoms. The molecule has 2 N–H and O–H groups in total. The fraction of sp³-hybridized carbons (Fsp3) is 0.389. The number of hydrogen-bond acceptors (Lipinski definition) is 5. The maximum absolute atomic E-state index is 12.6. The fourth-order valence-corrected chi connectivity index (χ4v) is 3.80. The van der Waals surface area contributed by atoms with Crippen LogP contribution in [0.15, 0.2) is 35.1 Å². The van der Waals surface area contributed by atoms with Crippen molar-refractivity contribution >= 4 is 39.7 Å². The molecule has 10 heteroatoms. The number of anilines is 1. The first-order chi connectivity index (χ1) is 13.3. The zero-order valence-corrected chi connectivity index (χ0v) is 16.8. The van der Waals surface area contributed by atoms with Crippen LogP contribution in [0.1, 0.15) is 25.3 Å². The minimum atomic E-state index is -0.902.